The topological polar surface area (TPSA) is 17.3 Å². The second kappa shape index (κ2) is 4.17. The lowest BCUT2D eigenvalue weighted by atomic mass is 10.1. The number of imidazole rings is 1. The molecule has 0 aliphatic carbocycles. The van der Waals surface area contributed by atoms with Crippen LogP contribution in [0.2, 0.25) is 0 Å². The highest BCUT2D eigenvalue weighted by Gasteiger charge is 2.12. The predicted octanol–water partition coefficient (Wildman–Crippen LogP) is 4.04. The molecule has 0 saturated carbocycles. The third-order valence-corrected chi connectivity index (χ3v) is 3.11. The molecule has 0 saturated heterocycles. The van der Waals surface area contributed by atoms with Crippen molar-refractivity contribution in [3.63, 3.8) is 0 Å². The van der Waals surface area contributed by atoms with E-state index in [9.17, 15) is 8.78 Å². The smallest absolute Gasteiger partial charge is 0.144 e. The van der Waals surface area contributed by atoms with E-state index in [0.29, 0.717) is 16.8 Å². The Kier molecular flexibility index (Phi) is 2.63. The molecule has 90 valence electrons. The number of fused-ring (bicyclic) bond motifs is 1. The number of halogens is 3. The molecule has 18 heavy (non-hydrogen) atoms. The minimum absolute atomic E-state index is 0.328. The Balaban J connectivity index is 2.33. The zero-order valence-electron chi connectivity index (χ0n) is 9.07. The van der Waals surface area contributed by atoms with Crippen molar-refractivity contribution >= 4 is 21.6 Å². The lowest BCUT2D eigenvalue weighted by molar-refractivity contribution is 0.585. The van der Waals surface area contributed by atoms with Gasteiger partial charge in [0.25, 0.3) is 0 Å². The fourth-order valence-electron chi connectivity index (χ4n) is 1.90. The molecule has 0 radical (unpaired) electrons. The summed E-state index contributed by atoms with van der Waals surface area (Å²) in [4.78, 5) is 4.18. The molecule has 2 heterocycles. The first kappa shape index (κ1) is 11.3. The van der Waals surface area contributed by atoms with Gasteiger partial charge in [0, 0.05) is 40.3 Å². The minimum Gasteiger partial charge on any atom is -0.305 e. The van der Waals surface area contributed by atoms with Gasteiger partial charge in [-0.15, -0.1) is 0 Å². The summed E-state index contributed by atoms with van der Waals surface area (Å²) in [7, 11) is 0. The zero-order valence-corrected chi connectivity index (χ0v) is 10.7. The fraction of sp³-hybridized carbons (Fsp3) is 0. The highest BCUT2D eigenvalue weighted by molar-refractivity contribution is 9.10. The summed E-state index contributed by atoms with van der Waals surface area (Å²) in [6.45, 7) is 0. The van der Waals surface area contributed by atoms with Crippen LogP contribution in [0.25, 0.3) is 16.8 Å². The molecule has 0 atom stereocenters. The highest BCUT2D eigenvalue weighted by Crippen LogP contribution is 2.29. The number of pyridine rings is 1. The van der Waals surface area contributed by atoms with Crippen LogP contribution in [-0.4, -0.2) is 9.38 Å². The van der Waals surface area contributed by atoms with Crippen LogP contribution in [0.15, 0.2) is 47.3 Å². The van der Waals surface area contributed by atoms with Gasteiger partial charge >= 0.3 is 0 Å². The lowest BCUT2D eigenvalue weighted by Gasteiger charge is -2.06. The van der Waals surface area contributed by atoms with Crippen molar-refractivity contribution in [3.05, 3.63) is 59.0 Å². The standard InChI is InChI=1S/C13H7BrF2N2/c14-8-5-11(13-17-3-4-18(13)7-8)10-2-1-9(15)6-12(10)16/h1-7H. The Hall–Kier alpha value is -1.75. The summed E-state index contributed by atoms with van der Waals surface area (Å²) in [5.74, 6) is -1.19. The average Bonchev–Trinajstić information content (AvgIpc) is 2.76. The number of benzene rings is 1. The SMILES string of the molecule is Fc1ccc(-c2cc(Br)cn3ccnc23)c(F)c1. The lowest BCUT2D eigenvalue weighted by Crippen LogP contribution is -1.92. The first-order chi connectivity index (χ1) is 8.65. The molecule has 0 bridgehead atoms. The van der Waals surface area contributed by atoms with Crippen LogP contribution < -0.4 is 0 Å². The number of hydrogen-bond donors (Lipinski definition) is 0. The van der Waals surface area contributed by atoms with Crippen molar-refractivity contribution in [2.45, 2.75) is 0 Å². The van der Waals surface area contributed by atoms with E-state index in [1.807, 2.05) is 6.20 Å². The molecular formula is C13H7BrF2N2. The van der Waals surface area contributed by atoms with Crippen LogP contribution in [-0.2, 0) is 0 Å². The number of nitrogens with zero attached hydrogens (tertiary/aromatic N) is 2. The first-order valence-electron chi connectivity index (χ1n) is 5.23. The molecule has 3 rings (SSSR count). The van der Waals surface area contributed by atoms with Crippen molar-refractivity contribution in [2.24, 2.45) is 0 Å². The Bertz CT molecular complexity index is 737. The van der Waals surface area contributed by atoms with Gasteiger partial charge in [0.15, 0.2) is 0 Å². The fourth-order valence-corrected chi connectivity index (χ4v) is 2.35. The summed E-state index contributed by atoms with van der Waals surface area (Å²) < 4.78 is 29.3. The van der Waals surface area contributed by atoms with Gasteiger partial charge in [-0.1, -0.05) is 0 Å². The van der Waals surface area contributed by atoms with E-state index >= 15 is 0 Å². The maximum atomic E-state index is 13.8. The molecule has 1 aromatic carbocycles. The van der Waals surface area contributed by atoms with Gasteiger partial charge in [-0.2, -0.15) is 0 Å². The highest BCUT2D eigenvalue weighted by atomic mass is 79.9. The number of aromatic nitrogens is 2. The molecule has 0 unspecified atom stereocenters. The van der Waals surface area contributed by atoms with Crippen molar-refractivity contribution in [3.8, 4) is 11.1 Å². The Morgan fingerprint density at radius 2 is 1.94 bits per heavy atom. The molecular weight excluding hydrogens is 302 g/mol. The molecule has 0 aliphatic heterocycles. The summed E-state index contributed by atoms with van der Waals surface area (Å²) in [6.07, 6.45) is 5.23. The van der Waals surface area contributed by atoms with E-state index in [0.717, 1.165) is 10.5 Å². The third-order valence-electron chi connectivity index (χ3n) is 2.68. The van der Waals surface area contributed by atoms with Gasteiger partial charge in [-0.3, -0.25) is 0 Å². The monoisotopic (exact) mass is 308 g/mol. The van der Waals surface area contributed by atoms with Crippen molar-refractivity contribution in [2.75, 3.05) is 0 Å². The summed E-state index contributed by atoms with van der Waals surface area (Å²) in [5, 5.41) is 0. The molecule has 2 nitrogen and oxygen atoms in total. The maximum Gasteiger partial charge on any atom is 0.144 e. The van der Waals surface area contributed by atoms with Gasteiger partial charge in [0.2, 0.25) is 0 Å². The van der Waals surface area contributed by atoms with Crippen molar-refractivity contribution < 1.29 is 8.78 Å². The summed E-state index contributed by atoms with van der Waals surface area (Å²) in [5.41, 5.74) is 1.57. The molecule has 2 aromatic heterocycles. The third kappa shape index (κ3) is 1.80. The quantitative estimate of drug-likeness (QED) is 0.663. The Labute approximate surface area is 110 Å². The zero-order chi connectivity index (χ0) is 12.7. The van der Waals surface area contributed by atoms with Crippen LogP contribution >= 0.6 is 15.9 Å². The molecule has 0 N–H and O–H groups in total. The number of rotatable bonds is 1. The second-order valence-corrected chi connectivity index (χ2v) is 4.77. The van der Waals surface area contributed by atoms with E-state index in [4.69, 9.17) is 0 Å². The molecule has 0 fully saturated rings. The minimum atomic E-state index is -0.599. The molecule has 0 spiro atoms. The van der Waals surface area contributed by atoms with Gasteiger partial charge in [0.1, 0.15) is 17.3 Å². The predicted molar refractivity (Wildman–Crippen MR) is 68.2 cm³/mol. The first-order valence-corrected chi connectivity index (χ1v) is 6.02. The van der Waals surface area contributed by atoms with Crippen LogP contribution in [0.1, 0.15) is 0 Å². The van der Waals surface area contributed by atoms with Gasteiger partial charge in [0.05, 0.1) is 0 Å². The summed E-state index contributed by atoms with van der Waals surface area (Å²) in [6, 6.07) is 5.29. The van der Waals surface area contributed by atoms with E-state index < -0.39 is 11.6 Å². The van der Waals surface area contributed by atoms with E-state index in [1.54, 1.807) is 22.9 Å². The number of hydrogen-bond acceptors (Lipinski definition) is 1. The van der Waals surface area contributed by atoms with E-state index in [1.165, 1.54) is 12.1 Å². The second-order valence-electron chi connectivity index (χ2n) is 3.85. The van der Waals surface area contributed by atoms with Crippen LogP contribution in [0.5, 0.6) is 0 Å². The molecule has 0 aliphatic rings. The maximum absolute atomic E-state index is 13.8. The van der Waals surface area contributed by atoms with Crippen molar-refractivity contribution in [1.29, 1.82) is 0 Å². The van der Waals surface area contributed by atoms with Crippen LogP contribution in [0, 0.1) is 11.6 Å². The molecule has 5 heteroatoms. The molecule has 3 aromatic rings. The Morgan fingerprint density at radius 3 is 2.72 bits per heavy atom. The van der Waals surface area contributed by atoms with Crippen LogP contribution in [0.4, 0.5) is 8.78 Å². The van der Waals surface area contributed by atoms with Crippen molar-refractivity contribution in [1.82, 2.24) is 9.38 Å². The molecule has 0 amide bonds. The van der Waals surface area contributed by atoms with Gasteiger partial charge in [-0.05, 0) is 34.1 Å². The normalized spacial score (nSPS) is 11.1. The summed E-state index contributed by atoms with van der Waals surface area (Å²) >= 11 is 3.36. The average molecular weight is 309 g/mol. The van der Waals surface area contributed by atoms with Gasteiger partial charge < -0.3 is 4.40 Å². The van der Waals surface area contributed by atoms with Crippen LogP contribution in [0.3, 0.4) is 0 Å². The van der Waals surface area contributed by atoms with E-state index in [-0.39, 0.29) is 0 Å². The largest absolute Gasteiger partial charge is 0.305 e. The Morgan fingerprint density at radius 1 is 1.11 bits per heavy atom. The van der Waals surface area contributed by atoms with E-state index in [2.05, 4.69) is 20.9 Å². The van der Waals surface area contributed by atoms with Gasteiger partial charge in [-0.25, -0.2) is 13.8 Å².